The van der Waals surface area contributed by atoms with Gasteiger partial charge in [-0.25, -0.2) is 0 Å². The van der Waals surface area contributed by atoms with Crippen molar-refractivity contribution in [2.45, 2.75) is 38.3 Å². The standard InChI is InChI=1S/C10H20N2O/c1-8(12(2)3)10(13)9-6-4-5-7-11-9/h8-9,11H,4-7H2,1-3H3. The predicted octanol–water partition coefficient (Wildman–Crippen LogP) is 0.648. The normalized spacial score (nSPS) is 26.0. The Hall–Kier alpha value is -0.410. The third kappa shape index (κ3) is 2.78. The van der Waals surface area contributed by atoms with Crippen LogP contribution >= 0.6 is 0 Å². The Kier molecular flexibility index (Phi) is 3.88. The van der Waals surface area contributed by atoms with E-state index in [1.807, 2.05) is 25.9 Å². The Bertz CT molecular complexity index is 174. The number of Topliss-reactive ketones (excluding diaryl/α,β-unsaturated/α-hetero) is 1. The van der Waals surface area contributed by atoms with E-state index in [4.69, 9.17) is 0 Å². The summed E-state index contributed by atoms with van der Waals surface area (Å²) in [7, 11) is 3.90. The Morgan fingerprint density at radius 1 is 1.46 bits per heavy atom. The van der Waals surface area contributed by atoms with Gasteiger partial charge >= 0.3 is 0 Å². The van der Waals surface area contributed by atoms with Gasteiger partial charge in [-0.15, -0.1) is 0 Å². The molecule has 2 atom stereocenters. The zero-order valence-electron chi connectivity index (χ0n) is 8.84. The van der Waals surface area contributed by atoms with Gasteiger partial charge in [0.2, 0.25) is 0 Å². The molecular weight excluding hydrogens is 164 g/mol. The lowest BCUT2D eigenvalue weighted by Gasteiger charge is -2.27. The summed E-state index contributed by atoms with van der Waals surface area (Å²) in [5.74, 6) is 0.338. The summed E-state index contributed by atoms with van der Waals surface area (Å²) < 4.78 is 0. The van der Waals surface area contributed by atoms with E-state index in [0.717, 1.165) is 13.0 Å². The zero-order valence-corrected chi connectivity index (χ0v) is 8.84. The summed E-state index contributed by atoms with van der Waals surface area (Å²) in [6.07, 6.45) is 3.40. The van der Waals surface area contributed by atoms with Crippen LogP contribution in [0.5, 0.6) is 0 Å². The largest absolute Gasteiger partial charge is 0.307 e. The van der Waals surface area contributed by atoms with Crippen LogP contribution in [0.3, 0.4) is 0 Å². The molecule has 76 valence electrons. The molecule has 0 aromatic rings. The Labute approximate surface area is 80.5 Å². The number of hydrogen-bond acceptors (Lipinski definition) is 3. The minimum absolute atomic E-state index is 0.0376. The molecule has 3 nitrogen and oxygen atoms in total. The highest BCUT2D eigenvalue weighted by Crippen LogP contribution is 2.10. The molecular formula is C10H20N2O. The van der Waals surface area contributed by atoms with E-state index in [2.05, 4.69) is 5.32 Å². The van der Waals surface area contributed by atoms with E-state index in [1.54, 1.807) is 0 Å². The van der Waals surface area contributed by atoms with Crippen molar-refractivity contribution in [2.75, 3.05) is 20.6 Å². The monoisotopic (exact) mass is 184 g/mol. The minimum Gasteiger partial charge on any atom is -0.307 e. The molecule has 1 aliphatic rings. The third-order valence-corrected chi connectivity index (χ3v) is 2.84. The van der Waals surface area contributed by atoms with Crippen molar-refractivity contribution in [3.63, 3.8) is 0 Å². The minimum atomic E-state index is 0.0376. The highest BCUT2D eigenvalue weighted by atomic mass is 16.1. The van der Waals surface area contributed by atoms with Gasteiger partial charge in [-0.3, -0.25) is 9.69 Å². The van der Waals surface area contributed by atoms with Crippen LogP contribution in [0.2, 0.25) is 0 Å². The number of nitrogens with zero attached hydrogens (tertiary/aromatic N) is 1. The fourth-order valence-corrected chi connectivity index (χ4v) is 1.64. The molecule has 1 heterocycles. The van der Waals surface area contributed by atoms with Gasteiger partial charge in [0.25, 0.3) is 0 Å². The number of carbonyl (C=O) groups excluding carboxylic acids is 1. The number of likely N-dealkylation sites (N-methyl/N-ethyl adjacent to an activating group) is 1. The quantitative estimate of drug-likeness (QED) is 0.699. The summed E-state index contributed by atoms with van der Waals surface area (Å²) in [5, 5.41) is 3.28. The maximum atomic E-state index is 11.8. The molecule has 0 aromatic heterocycles. The van der Waals surface area contributed by atoms with Gasteiger partial charge in [0, 0.05) is 0 Å². The number of hydrogen-bond donors (Lipinski definition) is 1. The lowest BCUT2D eigenvalue weighted by atomic mass is 9.97. The molecule has 2 unspecified atom stereocenters. The van der Waals surface area contributed by atoms with E-state index in [1.165, 1.54) is 12.8 Å². The molecule has 1 saturated heterocycles. The van der Waals surface area contributed by atoms with Crippen LogP contribution in [0.4, 0.5) is 0 Å². The summed E-state index contributed by atoms with van der Waals surface area (Å²) in [5.41, 5.74) is 0. The second-order valence-electron chi connectivity index (χ2n) is 4.04. The number of piperidine rings is 1. The molecule has 1 N–H and O–H groups in total. The predicted molar refractivity (Wildman–Crippen MR) is 53.8 cm³/mol. The van der Waals surface area contributed by atoms with Crippen LogP contribution in [0.25, 0.3) is 0 Å². The second kappa shape index (κ2) is 4.72. The van der Waals surface area contributed by atoms with Gasteiger partial charge in [0.05, 0.1) is 12.1 Å². The lowest BCUT2D eigenvalue weighted by Crippen LogP contribution is -2.48. The molecule has 0 amide bonds. The fraction of sp³-hybridized carbons (Fsp3) is 0.900. The number of carbonyl (C=O) groups is 1. The van der Waals surface area contributed by atoms with Crippen LogP contribution in [-0.2, 0) is 4.79 Å². The Balaban J connectivity index is 2.45. The van der Waals surface area contributed by atoms with Crippen LogP contribution in [0.1, 0.15) is 26.2 Å². The average molecular weight is 184 g/mol. The molecule has 13 heavy (non-hydrogen) atoms. The van der Waals surface area contributed by atoms with Crippen molar-refractivity contribution >= 4 is 5.78 Å². The van der Waals surface area contributed by atoms with Crippen LogP contribution in [-0.4, -0.2) is 43.4 Å². The van der Waals surface area contributed by atoms with Crippen molar-refractivity contribution < 1.29 is 4.79 Å². The van der Waals surface area contributed by atoms with E-state index < -0.39 is 0 Å². The fourth-order valence-electron chi connectivity index (χ4n) is 1.64. The first kappa shape index (κ1) is 10.7. The number of nitrogens with one attached hydrogen (secondary N) is 1. The average Bonchev–Trinajstić information content (AvgIpc) is 2.17. The van der Waals surface area contributed by atoms with E-state index in [0.29, 0.717) is 5.78 Å². The van der Waals surface area contributed by atoms with Gasteiger partial charge in [-0.2, -0.15) is 0 Å². The summed E-state index contributed by atoms with van der Waals surface area (Å²) >= 11 is 0. The van der Waals surface area contributed by atoms with Crippen molar-refractivity contribution in [1.82, 2.24) is 10.2 Å². The molecule has 0 saturated carbocycles. The molecule has 0 aliphatic carbocycles. The van der Waals surface area contributed by atoms with Crippen LogP contribution < -0.4 is 5.32 Å². The van der Waals surface area contributed by atoms with E-state index >= 15 is 0 Å². The maximum absolute atomic E-state index is 11.8. The molecule has 0 bridgehead atoms. The summed E-state index contributed by atoms with van der Waals surface area (Å²) in [4.78, 5) is 13.8. The lowest BCUT2D eigenvalue weighted by molar-refractivity contribution is -0.125. The van der Waals surface area contributed by atoms with Crippen molar-refractivity contribution in [3.8, 4) is 0 Å². The third-order valence-electron chi connectivity index (χ3n) is 2.84. The van der Waals surface area contributed by atoms with Gasteiger partial charge in [0.15, 0.2) is 5.78 Å². The first-order valence-electron chi connectivity index (χ1n) is 5.06. The van der Waals surface area contributed by atoms with Gasteiger partial charge in [-0.05, 0) is 40.4 Å². The van der Waals surface area contributed by atoms with E-state index in [9.17, 15) is 4.79 Å². The molecule has 3 heteroatoms. The maximum Gasteiger partial charge on any atom is 0.166 e. The smallest absolute Gasteiger partial charge is 0.166 e. The highest BCUT2D eigenvalue weighted by Gasteiger charge is 2.25. The van der Waals surface area contributed by atoms with Gasteiger partial charge < -0.3 is 5.32 Å². The van der Waals surface area contributed by atoms with Gasteiger partial charge in [0.1, 0.15) is 0 Å². The Morgan fingerprint density at radius 3 is 2.62 bits per heavy atom. The van der Waals surface area contributed by atoms with Gasteiger partial charge in [-0.1, -0.05) is 6.42 Å². The molecule has 0 spiro atoms. The van der Waals surface area contributed by atoms with E-state index in [-0.39, 0.29) is 12.1 Å². The first-order valence-corrected chi connectivity index (χ1v) is 5.06. The second-order valence-corrected chi connectivity index (χ2v) is 4.04. The topological polar surface area (TPSA) is 32.3 Å². The molecule has 1 aliphatic heterocycles. The van der Waals surface area contributed by atoms with Crippen LogP contribution in [0.15, 0.2) is 0 Å². The van der Waals surface area contributed by atoms with Crippen molar-refractivity contribution in [2.24, 2.45) is 0 Å². The molecule has 1 fully saturated rings. The van der Waals surface area contributed by atoms with Crippen molar-refractivity contribution in [3.05, 3.63) is 0 Å². The SMILES string of the molecule is CC(C(=O)C1CCCCN1)N(C)C. The number of rotatable bonds is 3. The highest BCUT2D eigenvalue weighted by molar-refractivity contribution is 5.88. The first-order chi connectivity index (χ1) is 6.13. The molecule has 0 radical (unpaired) electrons. The Morgan fingerprint density at radius 2 is 2.15 bits per heavy atom. The number of ketones is 1. The summed E-state index contributed by atoms with van der Waals surface area (Å²) in [6, 6.07) is 0.141. The summed E-state index contributed by atoms with van der Waals surface area (Å²) in [6.45, 7) is 2.97. The van der Waals surface area contributed by atoms with Crippen LogP contribution in [0, 0.1) is 0 Å². The molecule has 1 rings (SSSR count). The zero-order chi connectivity index (χ0) is 9.84. The van der Waals surface area contributed by atoms with Crippen molar-refractivity contribution in [1.29, 1.82) is 0 Å². The molecule has 0 aromatic carbocycles.